The summed E-state index contributed by atoms with van der Waals surface area (Å²) in [6.45, 7) is 3.05. The molecular formula is C18H28ClN3OS. The minimum atomic E-state index is -0.270. The van der Waals surface area contributed by atoms with Crippen LogP contribution in [0.2, 0.25) is 5.02 Å². The van der Waals surface area contributed by atoms with Gasteiger partial charge in [0.25, 0.3) is 5.91 Å². The first-order chi connectivity index (χ1) is 11.6. The van der Waals surface area contributed by atoms with Crippen LogP contribution < -0.4 is 16.2 Å². The van der Waals surface area contributed by atoms with Crippen LogP contribution in [0, 0.1) is 0 Å². The topological polar surface area (TPSA) is 53.2 Å². The number of amides is 1. The molecule has 0 spiro atoms. The lowest BCUT2D eigenvalue weighted by atomic mass is 10.1. The second-order valence-electron chi connectivity index (χ2n) is 5.82. The van der Waals surface area contributed by atoms with E-state index in [1.54, 1.807) is 24.3 Å². The molecule has 0 saturated carbocycles. The van der Waals surface area contributed by atoms with Gasteiger partial charge in [0.15, 0.2) is 5.11 Å². The van der Waals surface area contributed by atoms with E-state index in [1.165, 1.54) is 44.9 Å². The lowest BCUT2D eigenvalue weighted by molar-refractivity contribution is 0.0943. The van der Waals surface area contributed by atoms with E-state index in [9.17, 15) is 4.79 Å². The van der Waals surface area contributed by atoms with Crippen LogP contribution in [0.5, 0.6) is 0 Å². The highest BCUT2D eigenvalue weighted by Gasteiger charge is 2.05. The Morgan fingerprint density at radius 1 is 1.04 bits per heavy atom. The van der Waals surface area contributed by atoms with E-state index < -0.39 is 0 Å². The van der Waals surface area contributed by atoms with Crippen LogP contribution in [0.4, 0.5) is 0 Å². The van der Waals surface area contributed by atoms with Crippen molar-refractivity contribution in [3.05, 3.63) is 34.9 Å². The van der Waals surface area contributed by atoms with Gasteiger partial charge in [-0.2, -0.15) is 0 Å². The largest absolute Gasteiger partial charge is 0.361 e. The molecule has 1 aromatic rings. The first-order valence-corrected chi connectivity index (χ1v) is 9.52. The lowest BCUT2D eigenvalue weighted by Gasteiger charge is -2.11. The average Bonchev–Trinajstić information content (AvgIpc) is 2.58. The lowest BCUT2D eigenvalue weighted by Crippen LogP contribution is -2.46. The van der Waals surface area contributed by atoms with Gasteiger partial charge in [0, 0.05) is 17.1 Å². The van der Waals surface area contributed by atoms with Crippen molar-refractivity contribution < 1.29 is 4.79 Å². The van der Waals surface area contributed by atoms with Crippen molar-refractivity contribution >= 4 is 34.8 Å². The van der Waals surface area contributed by atoms with Crippen LogP contribution in [0.1, 0.15) is 68.6 Å². The normalized spacial score (nSPS) is 10.2. The Hall–Kier alpha value is -1.33. The number of rotatable bonds is 10. The van der Waals surface area contributed by atoms with Gasteiger partial charge in [0.05, 0.1) is 0 Å². The number of unbranched alkanes of at least 4 members (excludes halogenated alkanes) is 7. The highest BCUT2D eigenvalue weighted by atomic mass is 35.5. The van der Waals surface area contributed by atoms with Crippen molar-refractivity contribution in [2.75, 3.05) is 6.54 Å². The predicted molar refractivity (Wildman–Crippen MR) is 105 cm³/mol. The summed E-state index contributed by atoms with van der Waals surface area (Å²) < 4.78 is 0. The summed E-state index contributed by atoms with van der Waals surface area (Å²) in [5.74, 6) is -0.270. The van der Waals surface area contributed by atoms with E-state index >= 15 is 0 Å². The molecule has 0 radical (unpaired) electrons. The first kappa shape index (κ1) is 20.7. The summed E-state index contributed by atoms with van der Waals surface area (Å²) in [6, 6.07) is 6.76. The zero-order chi connectivity index (χ0) is 17.6. The summed E-state index contributed by atoms with van der Waals surface area (Å²) in [6.07, 6.45) is 10.2. The number of benzene rings is 1. The molecule has 0 fully saturated rings. The van der Waals surface area contributed by atoms with Gasteiger partial charge in [-0.15, -0.1) is 0 Å². The van der Waals surface area contributed by atoms with Gasteiger partial charge in [-0.3, -0.25) is 15.6 Å². The fraction of sp³-hybridized carbons (Fsp3) is 0.556. The molecule has 6 heteroatoms. The van der Waals surface area contributed by atoms with Gasteiger partial charge in [-0.25, -0.2) is 0 Å². The Bertz CT molecular complexity index is 511. The monoisotopic (exact) mass is 369 g/mol. The maximum absolute atomic E-state index is 11.9. The number of halogens is 1. The van der Waals surface area contributed by atoms with Crippen LogP contribution in [-0.2, 0) is 0 Å². The van der Waals surface area contributed by atoms with E-state index in [1.807, 2.05) is 0 Å². The maximum atomic E-state index is 11.9. The molecule has 3 N–H and O–H groups in total. The van der Waals surface area contributed by atoms with Gasteiger partial charge >= 0.3 is 0 Å². The Morgan fingerprint density at radius 3 is 2.38 bits per heavy atom. The number of hydrogen-bond acceptors (Lipinski definition) is 2. The highest BCUT2D eigenvalue weighted by molar-refractivity contribution is 7.80. The SMILES string of the molecule is CCCCCCCCCCNC(=S)NNC(=O)c1cccc(Cl)c1. The quantitative estimate of drug-likeness (QED) is 0.321. The summed E-state index contributed by atoms with van der Waals surface area (Å²) in [5.41, 5.74) is 5.75. The number of nitrogens with one attached hydrogen (secondary N) is 3. The van der Waals surface area contributed by atoms with Crippen LogP contribution >= 0.6 is 23.8 Å². The van der Waals surface area contributed by atoms with Crippen molar-refractivity contribution in [2.24, 2.45) is 0 Å². The fourth-order valence-corrected chi connectivity index (χ4v) is 2.66. The molecule has 4 nitrogen and oxygen atoms in total. The fourth-order valence-electron chi connectivity index (χ4n) is 2.32. The minimum Gasteiger partial charge on any atom is -0.361 e. The Kier molecular flexibility index (Phi) is 11.2. The maximum Gasteiger partial charge on any atom is 0.269 e. The number of carbonyl (C=O) groups is 1. The van der Waals surface area contributed by atoms with Crippen LogP contribution in [0.25, 0.3) is 0 Å². The van der Waals surface area contributed by atoms with E-state index in [0.717, 1.165) is 13.0 Å². The molecule has 0 aromatic heterocycles. The molecule has 1 amide bonds. The molecule has 0 atom stereocenters. The average molecular weight is 370 g/mol. The van der Waals surface area contributed by atoms with Crippen LogP contribution in [0.3, 0.4) is 0 Å². The molecule has 0 heterocycles. The third-order valence-corrected chi connectivity index (χ3v) is 4.17. The van der Waals surface area contributed by atoms with Crippen molar-refractivity contribution in [1.82, 2.24) is 16.2 Å². The Labute approximate surface area is 155 Å². The van der Waals surface area contributed by atoms with E-state index in [0.29, 0.717) is 15.7 Å². The third kappa shape index (κ3) is 9.73. The zero-order valence-electron chi connectivity index (χ0n) is 14.4. The standard InChI is InChI=1S/C18H28ClN3OS/c1-2-3-4-5-6-7-8-9-13-20-18(24)22-21-17(23)15-11-10-12-16(19)14-15/h10-12,14H,2-9,13H2,1H3,(H,21,23)(H2,20,22,24). The van der Waals surface area contributed by atoms with Crippen molar-refractivity contribution in [3.63, 3.8) is 0 Å². The van der Waals surface area contributed by atoms with Crippen molar-refractivity contribution in [1.29, 1.82) is 0 Å². The Morgan fingerprint density at radius 2 is 1.71 bits per heavy atom. The number of carbonyl (C=O) groups excluding carboxylic acids is 1. The zero-order valence-corrected chi connectivity index (χ0v) is 15.9. The minimum absolute atomic E-state index is 0.270. The summed E-state index contributed by atoms with van der Waals surface area (Å²) in [7, 11) is 0. The van der Waals surface area contributed by atoms with E-state index in [-0.39, 0.29) is 5.91 Å². The van der Waals surface area contributed by atoms with E-state index in [4.69, 9.17) is 23.8 Å². The summed E-state index contributed by atoms with van der Waals surface area (Å²) in [5, 5.41) is 4.04. The van der Waals surface area contributed by atoms with Crippen molar-refractivity contribution in [2.45, 2.75) is 58.3 Å². The predicted octanol–water partition coefficient (Wildman–Crippen LogP) is 4.59. The van der Waals surface area contributed by atoms with Gasteiger partial charge in [0.1, 0.15) is 0 Å². The summed E-state index contributed by atoms with van der Waals surface area (Å²) >= 11 is 11.0. The molecule has 1 aromatic carbocycles. The smallest absolute Gasteiger partial charge is 0.269 e. The second kappa shape index (κ2) is 13.0. The van der Waals surface area contributed by atoms with Gasteiger partial charge in [0.2, 0.25) is 0 Å². The molecule has 0 unspecified atom stereocenters. The molecule has 0 aliphatic carbocycles. The molecule has 24 heavy (non-hydrogen) atoms. The van der Waals surface area contributed by atoms with Crippen molar-refractivity contribution in [3.8, 4) is 0 Å². The second-order valence-corrected chi connectivity index (χ2v) is 6.66. The molecule has 0 aliphatic rings. The molecule has 0 bridgehead atoms. The molecule has 1 rings (SSSR count). The number of thiocarbonyl (C=S) groups is 1. The molecule has 0 aliphatic heterocycles. The Balaban J connectivity index is 2.03. The number of hydrazine groups is 1. The van der Waals surface area contributed by atoms with Gasteiger partial charge in [-0.05, 0) is 36.8 Å². The van der Waals surface area contributed by atoms with Gasteiger partial charge in [-0.1, -0.05) is 69.5 Å². The third-order valence-electron chi connectivity index (χ3n) is 3.69. The van der Waals surface area contributed by atoms with Gasteiger partial charge < -0.3 is 5.32 Å². The summed E-state index contributed by atoms with van der Waals surface area (Å²) in [4.78, 5) is 11.9. The highest BCUT2D eigenvalue weighted by Crippen LogP contribution is 2.10. The molecular weight excluding hydrogens is 342 g/mol. The van der Waals surface area contributed by atoms with Crippen LogP contribution in [0.15, 0.2) is 24.3 Å². The molecule has 0 saturated heterocycles. The number of hydrogen-bond donors (Lipinski definition) is 3. The first-order valence-electron chi connectivity index (χ1n) is 8.73. The van der Waals surface area contributed by atoms with Crippen LogP contribution in [-0.4, -0.2) is 17.6 Å². The molecule has 134 valence electrons. The van der Waals surface area contributed by atoms with E-state index in [2.05, 4.69) is 23.1 Å².